The molecule has 1 rings (SSSR count). The summed E-state index contributed by atoms with van der Waals surface area (Å²) < 4.78 is 9.94. The molecule has 0 N–H and O–H groups in total. The number of nitrogens with zero attached hydrogens (tertiary/aromatic N) is 1. The lowest BCUT2D eigenvalue weighted by molar-refractivity contribution is -0.140. The molecule has 0 aliphatic rings. The molecule has 1 heterocycles. The highest BCUT2D eigenvalue weighted by atomic mass is 79.9. The van der Waals surface area contributed by atoms with Crippen molar-refractivity contribution in [1.29, 1.82) is 0 Å². The molecule has 0 saturated carbocycles. The number of hydrogen-bond donors (Lipinski definition) is 0. The van der Waals surface area contributed by atoms with E-state index >= 15 is 0 Å². The molecule has 0 unspecified atom stereocenters. The molecule has 0 spiro atoms. The molecule has 1 amide bonds. The van der Waals surface area contributed by atoms with Crippen molar-refractivity contribution in [3.63, 3.8) is 0 Å². The maximum Gasteiger partial charge on any atom is 0.307 e. The number of ether oxygens (including phenoxy) is 1. The molecule has 17 heavy (non-hydrogen) atoms. The van der Waals surface area contributed by atoms with Crippen LogP contribution in [0.5, 0.6) is 0 Å². The van der Waals surface area contributed by atoms with Gasteiger partial charge in [-0.15, -0.1) is 0 Å². The van der Waals surface area contributed by atoms with Crippen LogP contribution in [0.3, 0.4) is 0 Å². The van der Waals surface area contributed by atoms with Gasteiger partial charge in [-0.1, -0.05) is 0 Å². The number of furan rings is 1. The van der Waals surface area contributed by atoms with E-state index < -0.39 is 0 Å². The van der Waals surface area contributed by atoms with Gasteiger partial charge in [-0.3, -0.25) is 9.59 Å². The van der Waals surface area contributed by atoms with E-state index in [0.717, 1.165) is 0 Å². The fourth-order valence-corrected chi connectivity index (χ4v) is 1.76. The van der Waals surface area contributed by atoms with E-state index in [4.69, 9.17) is 4.42 Å². The first kappa shape index (κ1) is 13.8. The third-order valence-corrected chi connectivity index (χ3v) is 2.94. The van der Waals surface area contributed by atoms with E-state index in [9.17, 15) is 9.59 Å². The highest BCUT2D eigenvalue weighted by Gasteiger charge is 2.19. The normalized spacial score (nSPS) is 10.1. The molecular formula is C11H14BrNO4. The number of rotatable bonds is 5. The minimum atomic E-state index is -0.331. The SMILES string of the molecule is CCN(CCC(=O)OC)C(=O)c1ccoc1Br. The maximum atomic E-state index is 12.0. The Bertz CT molecular complexity index is 402. The maximum absolute atomic E-state index is 12.0. The minimum Gasteiger partial charge on any atom is -0.469 e. The summed E-state index contributed by atoms with van der Waals surface area (Å²) in [5.41, 5.74) is 0.455. The van der Waals surface area contributed by atoms with E-state index in [1.165, 1.54) is 13.4 Å². The summed E-state index contributed by atoms with van der Waals surface area (Å²) in [6, 6.07) is 1.59. The lowest BCUT2D eigenvalue weighted by Crippen LogP contribution is -2.33. The summed E-state index contributed by atoms with van der Waals surface area (Å²) >= 11 is 3.15. The Morgan fingerprint density at radius 1 is 1.53 bits per heavy atom. The first-order valence-corrected chi connectivity index (χ1v) is 5.98. The molecular weight excluding hydrogens is 290 g/mol. The minimum absolute atomic E-state index is 0.169. The summed E-state index contributed by atoms with van der Waals surface area (Å²) in [4.78, 5) is 24.6. The van der Waals surface area contributed by atoms with Crippen LogP contribution in [0.1, 0.15) is 23.7 Å². The zero-order chi connectivity index (χ0) is 12.8. The Morgan fingerprint density at radius 2 is 2.24 bits per heavy atom. The number of carbonyl (C=O) groups is 2. The van der Waals surface area contributed by atoms with Gasteiger partial charge >= 0.3 is 5.97 Å². The quantitative estimate of drug-likeness (QED) is 0.781. The highest BCUT2D eigenvalue weighted by Crippen LogP contribution is 2.19. The van der Waals surface area contributed by atoms with Crippen molar-refractivity contribution in [2.45, 2.75) is 13.3 Å². The van der Waals surface area contributed by atoms with Crippen LogP contribution >= 0.6 is 15.9 Å². The van der Waals surface area contributed by atoms with Gasteiger partial charge < -0.3 is 14.1 Å². The van der Waals surface area contributed by atoms with E-state index in [2.05, 4.69) is 20.7 Å². The van der Waals surface area contributed by atoms with Crippen LogP contribution in [0, 0.1) is 0 Å². The van der Waals surface area contributed by atoms with Crippen molar-refractivity contribution in [1.82, 2.24) is 4.90 Å². The lowest BCUT2D eigenvalue weighted by Gasteiger charge is -2.19. The monoisotopic (exact) mass is 303 g/mol. The smallest absolute Gasteiger partial charge is 0.307 e. The van der Waals surface area contributed by atoms with Gasteiger partial charge in [-0.2, -0.15) is 0 Å². The molecule has 0 aliphatic carbocycles. The Morgan fingerprint density at radius 3 is 2.71 bits per heavy atom. The van der Waals surface area contributed by atoms with E-state index in [1.807, 2.05) is 6.92 Å². The van der Waals surface area contributed by atoms with Crippen LogP contribution in [-0.4, -0.2) is 37.0 Å². The number of hydrogen-bond acceptors (Lipinski definition) is 4. The lowest BCUT2D eigenvalue weighted by atomic mass is 10.2. The molecule has 0 fully saturated rings. The summed E-state index contributed by atoms with van der Waals surface area (Å²) in [6.07, 6.45) is 1.62. The summed E-state index contributed by atoms with van der Waals surface area (Å²) in [6.45, 7) is 2.70. The van der Waals surface area contributed by atoms with Crippen LogP contribution in [0.2, 0.25) is 0 Å². The van der Waals surface area contributed by atoms with E-state index in [0.29, 0.717) is 23.3 Å². The van der Waals surface area contributed by atoms with Crippen LogP contribution in [0.25, 0.3) is 0 Å². The average Bonchev–Trinajstić information content (AvgIpc) is 2.75. The second-order valence-electron chi connectivity index (χ2n) is 3.32. The first-order valence-electron chi connectivity index (χ1n) is 5.19. The molecule has 5 nitrogen and oxygen atoms in total. The van der Waals surface area contributed by atoms with Crippen molar-refractivity contribution in [2.75, 3.05) is 20.2 Å². The van der Waals surface area contributed by atoms with E-state index in [-0.39, 0.29) is 18.3 Å². The van der Waals surface area contributed by atoms with Crippen molar-refractivity contribution in [2.24, 2.45) is 0 Å². The third kappa shape index (κ3) is 3.59. The predicted molar refractivity (Wildman–Crippen MR) is 64.6 cm³/mol. The van der Waals surface area contributed by atoms with Gasteiger partial charge in [0.2, 0.25) is 0 Å². The van der Waals surface area contributed by atoms with Crippen molar-refractivity contribution < 1.29 is 18.7 Å². The molecule has 0 bridgehead atoms. The Kier molecular flexibility index (Phi) is 5.21. The zero-order valence-corrected chi connectivity index (χ0v) is 11.3. The molecule has 0 saturated heterocycles. The van der Waals surface area contributed by atoms with Gasteiger partial charge in [0.25, 0.3) is 5.91 Å². The topological polar surface area (TPSA) is 59.8 Å². The molecule has 0 aliphatic heterocycles. The molecule has 94 valence electrons. The Balaban J connectivity index is 2.65. The fourth-order valence-electron chi connectivity index (χ4n) is 1.35. The third-order valence-electron chi connectivity index (χ3n) is 2.33. The van der Waals surface area contributed by atoms with Gasteiger partial charge in [-0.05, 0) is 28.9 Å². The van der Waals surface area contributed by atoms with Crippen LogP contribution in [-0.2, 0) is 9.53 Å². The summed E-state index contributed by atoms with van der Waals surface area (Å²) in [7, 11) is 1.33. The van der Waals surface area contributed by atoms with Gasteiger partial charge in [0.1, 0.15) is 0 Å². The van der Waals surface area contributed by atoms with Crippen LogP contribution < -0.4 is 0 Å². The van der Waals surface area contributed by atoms with Crippen molar-refractivity contribution >= 4 is 27.8 Å². The standard InChI is InChI=1S/C11H14BrNO4/c1-3-13(6-4-9(14)16-2)11(15)8-5-7-17-10(8)12/h5,7H,3-4,6H2,1-2H3. The van der Waals surface area contributed by atoms with Gasteiger partial charge in [0, 0.05) is 13.1 Å². The number of halogens is 1. The second-order valence-corrected chi connectivity index (χ2v) is 4.04. The van der Waals surface area contributed by atoms with Crippen molar-refractivity contribution in [3.05, 3.63) is 22.6 Å². The summed E-state index contributed by atoms with van der Waals surface area (Å²) in [5.74, 6) is -0.500. The van der Waals surface area contributed by atoms with Gasteiger partial charge in [0.15, 0.2) is 4.67 Å². The molecule has 1 aromatic heterocycles. The van der Waals surface area contributed by atoms with Gasteiger partial charge in [-0.25, -0.2) is 0 Å². The molecule has 6 heteroatoms. The van der Waals surface area contributed by atoms with Gasteiger partial charge in [0.05, 0.1) is 25.4 Å². The predicted octanol–water partition coefficient (Wildman–Crippen LogP) is 2.07. The number of methoxy groups -OCH3 is 1. The number of esters is 1. The Labute approximate surface area is 108 Å². The number of amides is 1. The Hall–Kier alpha value is -1.30. The molecule has 0 atom stereocenters. The molecule has 1 aromatic rings. The zero-order valence-electron chi connectivity index (χ0n) is 9.73. The number of carbonyl (C=O) groups excluding carboxylic acids is 2. The fraction of sp³-hybridized carbons (Fsp3) is 0.455. The van der Waals surface area contributed by atoms with Crippen molar-refractivity contribution in [3.8, 4) is 0 Å². The first-order chi connectivity index (χ1) is 8.10. The molecule has 0 radical (unpaired) electrons. The van der Waals surface area contributed by atoms with E-state index in [1.54, 1.807) is 11.0 Å². The van der Waals surface area contributed by atoms with Crippen LogP contribution in [0.15, 0.2) is 21.4 Å². The summed E-state index contributed by atoms with van der Waals surface area (Å²) in [5, 5.41) is 0. The second kappa shape index (κ2) is 6.44. The molecule has 0 aromatic carbocycles. The highest BCUT2D eigenvalue weighted by molar-refractivity contribution is 9.10. The largest absolute Gasteiger partial charge is 0.469 e. The van der Waals surface area contributed by atoms with Crippen LogP contribution in [0.4, 0.5) is 0 Å². The average molecular weight is 304 g/mol.